The fraction of sp³-hybridized carbons (Fsp3) is 1.00. The lowest BCUT2D eigenvalue weighted by molar-refractivity contribution is -0.0435. The van der Waals surface area contributed by atoms with Gasteiger partial charge in [-0.15, -0.1) is 4.15 Å². The van der Waals surface area contributed by atoms with E-state index in [1.54, 1.807) is 4.15 Å². The molecule has 0 aromatic carbocycles. The zero-order valence-electron chi connectivity index (χ0n) is 5.22. The molecule has 11 heteroatoms. The van der Waals surface area contributed by atoms with Crippen LogP contribution in [-0.2, 0) is 10.0 Å². The first-order valence-electron chi connectivity index (χ1n) is 2.15. The highest BCUT2D eigenvalue weighted by molar-refractivity contribution is 7.93. The molecule has 0 radical (unpaired) electrons. The number of nitrogens with zero attached hydrogens (tertiary/aromatic N) is 1. The summed E-state index contributed by atoms with van der Waals surface area (Å²) in [7, 11) is -10.7. The number of hydrogen-bond donors (Lipinski definition) is 3. The van der Waals surface area contributed by atoms with Crippen LogP contribution in [0.4, 0.5) is 13.2 Å². The Bertz CT molecular complexity index is 303. The minimum absolute atomic E-state index is 1.66. The van der Waals surface area contributed by atoms with Crippen LogP contribution in [-0.4, -0.2) is 23.7 Å². The van der Waals surface area contributed by atoms with E-state index in [2.05, 4.69) is 5.50 Å². The Labute approximate surface area is 65.1 Å². The summed E-state index contributed by atoms with van der Waals surface area (Å²) < 4.78 is 55.9. The number of nitrogens with two attached hydrogens (primary N) is 1. The largest absolute Gasteiger partial charge is 0.518 e. The molecule has 0 rings (SSSR count). The molecule has 4 N–H and O–H groups in total. The van der Waals surface area contributed by atoms with Gasteiger partial charge in [0.25, 0.3) is 7.66 Å². The van der Waals surface area contributed by atoms with E-state index in [9.17, 15) is 21.6 Å². The molecule has 0 heterocycles. The number of alkyl halides is 3. The lowest BCUT2D eigenvalue weighted by Gasteiger charge is -2.05. The first-order valence-corrected chi connectivity index (χ1v) is 5.30. The van der Waals surface area contributed by atoms with Crippen molar-refractivity contribution in [1.82, 2.24) is 0 Å². The van der Waals surface area contributed by atoms with E-state index in [0.717, 1.165) is 0 Å². The van der Waals surface area contributed by atoms with Gasteiger partial charge in [0, 0.05) is 0 Å². The molecule has 0 fully saturated rings. The smallest absolute Gasteiger partial charge is 0.328 e. The van der Waals surface area contributed by atoms with Crippen molar-refractivity contribution in [3.05, 3.63) is 0 Å². The molecule has 12 heavy (non-hydrogen) atoms. The summed E-state index contributed by atoms with van der Waals surface area (Å²) in [6.45, 7) is 0. The molecule has 0 aliphatic heterocycles. The highest BCUT2D eigenvalue weighted by Gasteiger charge is 2.47. The maximum atomic E-state index is 11.4. The second-order valence-electron chi connectivity index (χ2n) is 1.62. The van der Waals surface area contributed by atoms with Crippen LogP contribution >= 0.6 is 7.66 Å². The second kappa shape index (κ2) is 2.96. The van der Waals surface area contributed by atoms with E-state index in [-0.39, 0.29) is 0 Å². The van der Waals surface area contributed by atoms with Gasteiger partial charge in [0.05, 0.1) is 0 Å². The zero-order valence-corrected chi connectivity index (χ0v) is 6.94. The molecule has 0 aromatic heterocycles. The summed E-state index contributed by atoms with van der Waals surface area (Å²) in [5.74, 6) is 0. The van der Waals surface area contributed by atoms with Crippen LogP contribution in [0, 0.1) is 0 Å². The van der Waals surface area contributed by atoms with Gasteiger partial charge >= 0.3 is 15.5 Å². The van der Waals surface area contributed by atoms with Crippen LogP contribution < -0.4 is 5.50 Å². The van der Waals surface area contributed by atoms with E-state index >= 15 is 0 Å². The molecule has 0 bridgehead atoms. The van der Waals surface area contributed by atoms with Crippen molar-refractivity contribution in [2.24, 2.45) is 9.65 Å². The molecule has 0 saturated heterocycles. The van der Waals surface area contributed by atoms with Crippen LogP contribution in [0.25, 0.3) is 0 Å². The van der Waals surface area contributed by atoms with E-state index < -0.39 is 23.2 Å². The SMILES string of the molecule is NP(O)(O)=NS(=O)(=O)C(F)(F)F. The van der Waals surface area contributed by atoms with Gasteiger partial charge in [0.15, 0.2) is 0 Å². The molecule has 0 aliphatic rings. The number of halogens is 3. The van der Waals surface area contributed by atoms with Gasteiger partial charge in [-0.25, -0.2) is 0 Å². The predicted octanol–water partition coefficient (Wildman–Crippen LogP) is -0.274. The summed E-state index contributed by atoms with van der Waals surface area (Å²) in [5, 5.41) is 0. The molecule has 0 spiro atoms. The Hall–Kier alpha value is -0.150. The van der Waals surface area contributed by atoms with Crippen LogP contribution in [0.5, 0.6) is 0 Å². The average Bonchev–Trinajstić information content (AvgIpc) is 1.52. The van der Waals surface area contributed by atoms with Gasteiger partial charge in [-0.2, -0.15) is 21.6 Å². The fourth-order valence-corrected chi connectivity index (χ4v) is 1.84. The molecular weight excluding hydrogens is 224 g/mol. The summed E-state index contributed by atoms with van der Waals surface area (Å²) in [6, 6.07) is 0. The highest BCUT2D eigenvalue weighted by Crippen LogP contribution is 2.36. The molecule has 0 aromatic rings. The lowest BCUT2D eigenvalue weighted by atomic mass is 11.6. The van der Waals surface area contributed by atoms with Gasteiger partial charge < -0.3 is 9.79 Å². The van der Waals surface area contributed by atoms with Gasteiger partial charge in [-0.3, -0.25) is 5.50 Å². The third kappa shape index (κ3) is 3.50. The quantitative estimate of drug-likeness (QED) is 0.534. The summed E-state index contributed by atoms with van der Waals surface area (Å²) in [6.07, 6.45) is 0. The number of hydrogen-bond acceptors (Lipinski definition) is 2. The maximum absolute atomic E-state index is 11.4. The van der Waals surface area contributed by atoms with Crippen molar-refractivity contribution >= 4 is 17.7 Å². The Morgan fingerprint density at radius 1 is 1.33 bits per heavy atom. The highest BCUT2D eigenvalue weighted by atomic mass is 32.2. The first kappa shape index (κ1) is 11.8. The van der Waals surface area contributed by atoms with E-state index in [1.807, 2.05) is 0 Å². The molecule has 6 nitrogen and oxygen atoms in total. The normalized spacial score (nSPS) is 14.5. The molecular formula is CH4F3N2O4PS. The van der Waals surface area contributed by atoms with Crippen LogP contribution in [0.3, 0.4) is 0 Å². The molecule has 0 unspecified atom stereocenters. The van der Waals surface area contributed by atoms with Gasteiger partial charge in [-0.1, -0.05) is 0 Å². The van der Waals surface area contributed by atoms with E-state index in [0.29, 0.717) is 0 Å². The molecule has 0 saturated carbocycles. The zero-order chi connectivity index (χ0) is 10.2. The Balaban J connectivity index is 5.23. The van der Waals surface area contributed by atoms with Crippen LogP contribution in [0.2, 0.25) is 0 Å². The van der Waals surface area contributed by atoms with Gasteiger partial charge in [0.1, 0.15) is 0 Å². The Morgan fingerprint density at radius 2 is 1.67 bits per heavy atom. The Kier molecular flexibility index (Phi) is 2.93. The van der Waals surface area contributed by atoms with E-state index in [4.69, 9.17) is 9.79 Å². The second-order valence-corrected chi connectivity index (χ2v) is 4.91. The van der Waals surface area contributed by atoms with Gasteiger partial charge in [0.2, 0.25) is 0 Å². The van der Waals surface area contributed by atoms with Crippen molar-refractivity contribution in [2.45, 2.75) is 5.51 Å². The minimum atomic E-state index is -5.91. The third-order valence-corrected chi connectivity index (χ3v) is 2.93. The number of sulfonamides is 1. The molecule has 0 atom stereocenters. The lowest BCUT2D eigenvalue weighted by Crippen LogP contribution is -2.21. The van der Waals surface area contributed by atoms with Crippen molar-refractivity contribution in [3.63, 3.8) is 0 Å². The number of rotatable bonds is 1. The van der Waals surface area contributed by atoms with Crippen molar-refractivity contribution in [3.8, 4) is 0 Å². The van der Waals surface area contributed by atoms with Crippen molar-refractivity contribution in [2.75, 3.05) is 0 Å². The minimum Gasteiger partial charge on any atom is -0.328 e. The van der Waals surface area contributed by atoms with Gasteiger partial charge in [-0.05, 0) is 0 Å². The summed E-state index contributed by atoms with van der Waals surface area (Å²) in [4.78, 5) is 16.2. The standard InChI is InChI=1S/CH4F3N2O4PS/c2-1(3,4)12(9,10)6-11(5,7)8/h7-8H,5H2. The third-order valence-electron chi connectivity index (χ3n) is 0.520. The molecule has 0 amide bonds. The molecule has 74 valence electrons. The average molecular weight is 228 g/mol. The monoisotopic (exact) mass is 228 g/mol. The topological polar surface area (TPSA) is 113 Å². The molecule has 0 aliphatic carbocycles. The summed E-state index contributed by atoms with van der Waals surface area (Å²) >= 11 is 0. The van der Waals surface area contributed by atoms with Crippen molar-refractivity contribution < 1.29 is 31.4 Å². The van der Waals surface area contributed by atoms with Crippen molar-refractivity contribution in [1.29, 1.82) is 0 Å². The van der Waals surface area contributed by atoms with E-state index in [1.165, 1.54) is 0 Å². The first-order chi connectivity index (χ1) is 4.96. The summed E-state index contributed by atoms with van der Waals surface area (Å²) in [5.41, 5.74) is -1.47. The van der Waals surface area contributed by atoms with Crippen LogP contribution in [0.15, 0.2) is 4.15 Å². The fourth-order valence-electron chi connectivity index (χ4n) is 0.204. The maximum Gasteiger partial charge on any atom is 0.518 e. The Morgan fingerprint density at radius 3 is 1.75 bits per heavy atom. The van der Waals surface area contributed by atoms with Crippen LogP contribution in [0.1, 0.15) is 0 Å². The predicted molar refractivity (Wildman–Crippen MR) is 32.9 cm³/mol.